The first-order chi connectivity index (χ1) is 46.9. The molecule has 0 saturated heterocycles. The molecular formula is C59H57Cl3Cu2N24O12. The number of hydrogen-bond donors (Lipinski definition) is 0. The van der Waals surface area contributed by atoms with Gasteiger partial charge in [0.2, 0.25) is 0 Å². The largest absolute Gasteiger partial charge is 2.00 e. The number of aromatic nitrogens is 18. The zero-order valence-corrected chi connectivity index (χ0v) is 56.2. The molecule has 2 radical (unpaired) electrons. The normalized spacial score (nSPS) is 10.7. The van der Waals surface area contributed by atoms with Gasteiger partial charge in [0.05, 0.1) is 114 Å². The van der Waals surface area contributed by atoms with E-state index in [0.717, 1.165) is 51.2 Å². The average Bonchev–Trinajstić information content (AvgIpc) is 1.74. The Balaban J connectivity index is 0.000000326. The fourth-order valence-electron chi connectivity index (χ4n) is 8.72. The maximum Gasteiger partial charge on any atom is 2.00 e. The second kappa shape index (κ2) is 43.0. The van der Waals surface area contributed by atoms with E-state index in [1.165, 1.54) is 28.5 Å². The van der Waals surface area contributed by atoms with E-state index >= 15 is 0 Å². The fraction of sp³-hybridized carbons (Fsp3) is 0.169. The molecule has 0 aliphatic heterocycles. The van der Waals surface area contributed by atoms with Crippen LogP contribution in [0, 0.1) is 42.1 Å². The Kier molecular flexibility index (Phi) is 35.6. The Labute approximate surface area is 597 Å². The summed E-state index contributed by atoms with van der Waals surface area (Å²) in [5.74, 6) is 0. The molecule has 0 amide bonds. The topological polar surface area (TPSA) is 550 Å². The van der Waals surface area contributed by atoms with E-state index in [0.29, 0.717) is 58.9 Å². The molecule has 6 heterocycles. The predicted octanol–water partition coefficient (Wildman–Crippen LogP) is -5.44. The van der Waals surface area contributed by atoms with E-state index in [1.807, 2.05) is 197 Å². The van der Waals surface area contributed by atoms with Gasteiger partial charge >= 0.3 is 34.1 Å². The molecule has 0 unspecified atom stereocenters. The molecular weight excluding hydrogens is 1470 g/mol. The summed E-state index contributed by atoms with van der Waals surface area (Å²) in [5, 5.41) is 59.9. The molecule has 0 aliphatic carbocycles. The van der Waals surface area contributed by atoms with E-state index in [1.54, 1.807) is 20.1 Å². The standard InChI is InChI=1S/C30H30N10.C27H24N10.C2H3N.3ClHO4.2Cu.N3/c1-4-10-25(11-5-1)16-38-22-28(31-34-38)19-37(20-29-23-39(35-32-29)17-26-12-6-2-7-13-26)21-30-24-40(36-33-30)18-27-14-8-3-9-15-27;1-4-10-25(11-5-1)35-19-22(28-31-35)16-34(17-23-20-36(32-29-23)26-12-6-2-7-13-26)18-24-21-37(33-30-24)27-14-8-3-9-15-27;1-2-3;3*2-1(3,4)5;;;1-3-2/h1-15,22-24H,16-21H2;1-15,19-21H,16-18H2;1H3;3*(H,2,3,4,5);;;/q;;;;;;2*+2;-1/p-3. The van der Waals surface area contributed by atoms with Gasteiger partial charge in [0.15, 0.2) is 0 Å². The van der Waals surface area contributed by atoms with E-state index in [9.17, 15) is 0 Å². The number of nitriles is 1. The smallest absolute Gasteiger partial charge is 0.373 e. The third-order valence-corrected chi connectivity index (χ3v) is 12.3. The van der Waals surface area contributed by atoms with E-state index in [-0.39, 0.29) is 34.1 Å². The summed E-state index contributed by atoms with van der Waals surface area (Å²) in [6.45, 7) is 6.90. The molecule has 0 saturated carbocycles. The maximum atomic E-state index is 8.49. The summed E-state index contributed by atoms with van der Waals surface area (Å²) in [7, 11) is -14.8. The molecule has 36 nitrogen and oxygen atoms in total. The molecule has 12 aromatic rings. The molecule has 528 valence electrons. The summed E-state index contributed by atoms with van der Waals surface area (Å²) < 4.78 is 113. The van der Waals surface area contributed by atoms with Gasteiger partial charge in [-0.25, -0.2) is 84.0 Å². The molecule has 6 aromatic heterocycles. The molecule has 0 N–H and O–H groups in total. The van der Waals surface area contributed by atoms with Crippen molar-refractivity contribution in [3.8, 4) is 23.1 Å². The molecule has 6 aromatic carbocycles. The Hall–Kier alpha value is -9.69. The minimum Gasteiger partial charge on any atom is -0.373 e. The van der Waals surface area contributed by atoms with Gasteiger partial charge in [-0.15, -0.1) is 61.3 Å². The zero-order chi connectivity index (χ0) is 70.8. The van der Waals surface area contributed by atoms with Crippen molar-refractivity contribution in [2.45, 2.75) is 65.8 Å². The van der Waals surface area contributed by atoms with Crippen LogP contribution < -0.4 is 55.9 Å². The average molecular weight is 1530 g/mol. The zero-order valence-electron chi connectivity index (χ0n) is 52.0. The van der Waals surface area contributed by atoms with Crippen LogP contribution in [0.4, 0.5) is 0 Å². The minimum absolute atomic E-state index is 0. The quantitative estimate of drug-likeness (QED) is 0.0280. The number of benzene rings is 6. The van der Waals surface area contributed by atoms with Crippen molar-refractivity contribution in [1.82, 2.24) is 99.8 Å². The SMILES string of the molecule is CC#N.[Cu+2].[Cu+2].[N-]=[N+]=[N-].[O-][Cl+3]([O-])([O-])[O-].[O-][Cl+3]([O-])([O-])[O-].[O-][Cl+3]([O-])([O-])[O-].c1ccc(-n2cc(CN(Cc3cn(-c4ccccc4)nn3)Cc3cn(-c4ccccc4)nn3)nn2)cc1.c1ccc(Cn2cc(CN(Cc3cn(Cc4ccccc4)nn3)Cc3cn(Cc4ccccc4)nn3)nn2)cc1. The van der Waals surface area contributed by atoms with E-state index in [2.05, 4.69) is 108 Å². The van der Waals surface area contributed by atoms with Crippen molar-refractivity contribution in [2.75, 3.05) is 0 Å². The van der Waals surface area contributed by atoms with Crippen molar-refractivity contribution >= 4 is 0 Å². The van der Waals surface area contributed by atoms with Crippen molar-refractivity contribution < 1.29 is 121 Å². The van der Waals surface area contributed by atoms with Gasteiger partial charge in [-0.1, -0.05) is 177 Å². The number of nitrogens with zero attached hydrogens (tertiary/aromatic N) is 24. The van der Waals surface area contributed by atoms with Crippen LogP contribution in [0.2, 0.25) is 0 Å². The monoisotopic (exact) mass is 1520 g/mol. The van der Waals surface area contributed by atoms with Crippen molar-refractivity contribution in [2.24, 2.45) is 0 Å². The molecule has 100 heavy (non-hydrogen) atoms. The van der Waals surface area contributed by atoms with Crippen LogP contribution in [0.3, 0.4) is 0 Å². The second-order valence-electron chi connectivity index (χ2n) is 19.9. The number of rotatable bonds is 21. The summed E-state index contributed by atoms with van der Waals surface area (Å²) in [5.41, 5.74) is 25.1. The first-order valence-corrected chi connectivity index (χ1v) is 31.9. The van der Waals surface area contributed by atoms with Crippen LogP contribution >= 0.6 is 0 Å². The van der Waals surface area contributed by atoms with Gasteiger partial charge in [-0.05, 0) is 53.1 Å². The van der Waals surface area contributed by atoms with Crippen LogP contribution in [0.25, 0.3) is 33.0 Å². The number of para-hydroxylation sites is 3. The molecule has 12 rings (SSSR count). The fourth-order valence-corrected chi connectivity index (χ4v) is 8.72. The van der Waals surface area contributed by atoms with E-state index in [4.69, 9.17) is 72.2 Å². The second-order valence-corrected chi connectivity index (χ2v) is 22.2. The number of hydrogen-bond acceptors (Lipinski definition) is 27. The third kappa shape index (κ3) is 34.2. The van der Waals surface area contributed by atoms with Gasteiger partial charge in [-0.2, -0.15) is 5.26 Å². The maximum absolute atomic E-state index is 8.49. The van der Waals surface area contributed by atoms with Crippen LogP contribution in [0.5, 0.6) is 0 Å². The minimum atomic E-state index is -4.94. The summed E-state index contributed by atoms with van der Waals surface area (Å²) in [6.07, 6.45) is 11.8. The van der Waals surface area contributed by atoms with E-state index < -0.39 is 30.7 Å². The summed E-state index contributed by atoms with van der Waals surface area (Å²) >= 11 is 0. The summed E-state index contributed by atoms with van der Waals surface area (Å²) in [6, 6.07) is 62.3. The Bertz CT molecular complexity index is 3830. The Morgan fingerprint density at radius 2 is 0.510 bits per heavy atom. The number of halogens is 3. The first-order valence-electron chi connectivity index (χ1n) is 28.2. The van der Waals surface area contributed by atoms with Crippen molar-refractivity contribution in [3.63, 3.8) is 0 Å². The van der Waals surface area contributed by atoms with Crippen molar-refractivity contribution in [3.05, 3.63) is 286 Å². The predicted molar refractivity (Wildman–Crippen MR) is 308 cm³/mol. The van der Waals surface area contributed by atoms with Gasteiger partial charge in [-0.3, -0.25) is 14.7 Å². The molecule has 0 bridgehead atoms. The first kappa shape index (κ1) is 82.7. The molecule has 0 aliphatic rings. The Morgan fingerprint density at radius 3 is 0.710 bits per heavy atom. The molecule has 0 spiro atoms. The molecule has 41 heteroatoms. The van der Waals surface area contributed by atoms with Gasteiger partial charge < -0.3 is 11.1 Å². The third-order valence-electron chi connectivity index (χ3n) is 12.3. The molecule has 0 fully saturated rings. The Morgan fingerprint density at radius 1 is 0.340 bits per heavy atom. The van der Waals surface area contributed by atoms with Crippen LogP contribution in [0.1, 0.15) is 57.8 Å². The van der Waals surface area contributed by atoms with Gasteiger partial charge in [0.25, 0.3) is 0 Å². The van der Waals surface area contributed by atoms with Gasteiger partial charge in [0, 0.05) is 46.2 Å². The summed E-state index contributed by atoms with van der Waals surface area (Å²) in [4.78, 5) is 5.95. The van der Waals surface area contributed by atoms with Crippen molar-refractivity contribution in [1.29, 1.82) is 5.26 Å². The van der Waals surface area contributed by atoms with Crippen LogP contribution in [-0.2, 0) is 93.0 Å². The van der Waals surface area contributed by atoms with Crippen LogP contribution in [-0.4, -0.2) is 99.8 Å². The van der Waals surface area contributed by atoms with Crippen LogP contribution in [0.15, 0.2) is 219 Å². The van der Waals surface area contributed by atoms with Gasteiger partial charge in [0.1, 0.15) is 0 Å². The molecule has 0 atom stereocenters.